The van der Waals surface area contributed by atoms with Crippen molar-refractivity contribution in [2.45, 2.75) is 36.0 Å². The van der Waals surface area contributed by atoms with Crippen molar-refractivity contribution in [1.82, 2.24) is 5.32 Å². The number of amides is 1. The van der Waals surface area contributed by atoms with Gasteiger partial charge in [0.05, 0.1) is 16.5 Å². The lowest BCUT2D eigenvalue weighted by Gasteiger charge is -2.12. The van der Waals surface area contributed by atoms with Crippen molar-refractivity contribution < 1.29 is 13.4 Å². The van der Waals surface area contributed by atoms with Crippen LogP contribution in [0.1, 0.15) is 19.8 Å². The molecular weight excluding hydrogens is 255 g/mol. The molecule has 3 N–H and O–H groups in total. The average Bonchev–Trinajstić information content (AvgIpc) is 3.14. The molecule has 1 aromatic rings. The van der Waals surface area contributed by atoms with Crippen LogP contribution in [0.4, 0.5) is 10.1 Å². The van der Waals surface area contributed by atoms with E-state index < -0.39 is 21.9 Å². The monoisotopic (exact) mass is 270 g/mol. The maximum atomic E-state index is 13.3. The van der Waals surface area contributed by atoms with Crippen LogP contribution in [0.2, 0.25) is 0 Å². The number of anilines is 1. The van der Waals surface area contributed by atoms with E-state index in [1.54, 1.807) is 6.92 Å². The van der Waals surface area contributed by atoms with Gasteiger partial charge in [-0.05, 0) is 38.0 Å². The highest BCUT2D eigenvalue weighted by atomic mass is 32.2. The molecule has 0 radical (unpaired) electrons. The third-order valence-corrected chi connectivity index (χ3v) is 4.39. The predicted molar refractivity (Wildman–Crippen MR) is 67.8 cm³/mol. The fraction of sp³-hybridized carbons (Fsp3) is 0.417. The third-order valence-electron chi connectivity index (χ3n) is 2.82. The number of rotatable bonds is 4. The molecule has 0 aromatic heterocycles. The molecule has 6 heteroatoms. The quantitative estimate of drug-likeness (QED) is 0.807. The van der Waals surface area contributed by atoms with E-state index in [-0.39, 0.29) is 22.5 Å². The minimum Gasteiger partial charge on any atom is -0.396 e. The zero-order valence-electron chi connectivity index (χ0n) is 9.98. The summed E-state index contributed by atoms with van der Waals surface area (Å²) in [5.74, 6) is -0.872. The number of nitrogens with one attached hydrogen (secondary N) is 1. The van der Waals surface area contributed by atoms with Crippen LogP contribution in [0, 0.1) is 5.82 Å². The smallest absolute Gasteiger partial charge is 0.236 e. The fourth-order valence-corrected chi connectivity index (χ4v) is 2.57. The van der Waals surface area contributed by atoms with Gasteiger partial charge >= 0.3 is 0 Å². The van der Waals surface area contributed by atoms with Crippen LogP contribution in [0.15, 0.2) is 23.1 Å². The Hall–Kier alpha value is -1.43. The van der Waals surface area contributed by atoms with Gasteiger partial charge in [-0.2, -0.15) is 0 Å². The lowest BCUT2D eigenvalue weighted by molar-refractivity contribution is -0.120. The van der Waals surface area contributed by atoms with Gasteiger partial charge in [0.25, 0.3) is 0 Å². The summed E-state index contributed by atoms with van der Waals surface area (Å²) in [5.41, 5.74) is 5.35. The van der Waals surface area contributed by atoms with Gasteiger partial charge in [0.1, 0.15) is 11.1 Å². The van der Waals surface area contributed by atoms with Crippen LogP contribution in [-0.2, 0) is 15.6 Å². The van der Waals surface area contributed by atoms with Gasteiger partial charge in [-0.15, -0.1) is 0 Å². The standard InChI is InChI=1S/C12H15FN2O2S/c1-7(12(16)15-8-2-3-8)18(17)9-4-5-11(14)10(13)6-9/h4-8H,2-3,14H2,1H3,(H,15,16). The largest absolute Gasteiger partial charge is 0.396 e. The molecule has 98 valence electrons. The molecular formula is C12H15FN2O2S. The van der Waals surface area contributed by atoms with Crippen LogP contribution in [0.5, 0.6) is 0 Å². The van der Waals surface area contributed by atoms with Crippen molar-refractivity contribution in [1.29, 1.82) is 0 Å². The first-order valence-electron chi connectivity index (χ1n) is 5.75. The number of benzene rings is 1. The third kappa shape index (κ3) is 2.87. The van der Waals surface area contributed by atoms with Gasteiger partial charge in [-0.1, -0.05) is 0 Å². The van der Waals surface area contributed by atoms with E-state index in [0.717, 1.165) is 18.9 Å². The highest BCUT2D eigenvalue weighted by molar-refractivity contribution is 7.86. The Kier molecular flexibility index (Phi) is 3.65. The fourth-order valence-electron chi connectivity index (χ4n) is 1.48. The molecule has 1 aliphatic rings. The first-order chi connectivity index (χ1) is 8.49. The summed E-state index contributed by atoms with van der Waals surface area (Å²) in [6.07, 6.45) is 1.95. The van der Waals surface area contributed by atoms with Gasteiger partial charge in [-0.25, -0.2) is 4.39 Å². The van der Waals surface area contributed by atoms with Crippen molar-refractivity contribution in [2.24, 2.45) is 0 Å². The number of carbonyl (C=O) groups excluding carboxylic acids is 1. The minimum atomic E-state index is -1.57. The van der Waals surface area contributed by atoms with E-state index in [1.165, 1.54) is 12.1 Å². The lowest BCUT2D eigenvalue weighted by atomic mass is 10.3. The Morgan fingerprint density at radius 1 is 1.56 bits per heavy atom. The summed E-state index contributed by atoms with van der Waals surface area (Å²) >= 11 is 0. The molecule has 18 heavy (non-hydrogen) atoms. The number of nitrogen functional groups attached to an aromatic ring is 1. The van der Waals surface area contributed by atoms with E-state index in [9.17, 15) is 13.4 Å². The molecule has 4 nitrogen and oxygen atoms in total. The van der Waals surface area contributed by atoms with E-state index in [4.69, 9.17) is 5.73 Å². The highest BCUT2D eigenvalue weighted by Gasteiger charge is 2.28. The van der Waals surface area contributed by atoms with E-state index in [1.807, 2.05) is 0 Å². The number of hydrogen-bond acceptors (Lipinski definition) is 3. The molecule has 0 bridgehead atoms. The number of halogens is 1. The zero-order chi connectivity index (χ0) is 13.3. The average molecular weight is 270 g/mol. The summed E-state index contributed by atoms with van der Waals surface area (Å²) in [4.78, 5) is 12.0. The van der Waals surface area contributed by atoms with Gasteiger partial charge in [-0.3, -0.25) is 9.00 Å². The summed E-state index contributed by atoms with van der Waals surface area (Å²) in [5, 5.41) is 2.08. The molecule has 0 spiro atoms. The summed E-state index contributed by atoms with van der Waals surface area (Å²) in [6, 6.07) is 4.18. The summed E-state index contributed by atoms with van der Waals surface area (Å²) in [6.45, 7) is 1.57. The Morgan fingerprint density at radius 2 is 2.22 bits per heavy atom. The number of carbonyl (C=O) groups is 1. The number of nitrogens with two attached hydrogens (primary N) is 1. The van der Waals surface area contributed by atoms with Crippen molar-refractivity contribution in [3.63, 3.8) is 0 Å². The maximum Gasteiger partial charge on any atom is 0.236 e. The second-order valence-electron chi connectivity index (χ2n) is 4.41. The Balaban J connectivity index is 2.08. The van der Waals surface area contributed by atoms with Gasteiger partial charge < -0.3 is 11.1 Å². The first-order valence-corrected chi connectivity index (χ1v) is 6.96. The number of hydrogen-bond donors (Lipinski definition) is 2. The Labute approximate surface area is 107 Å². The zero-order valence-corrected chi connectivity index (χ0v) is 10.8. The van der Waals surface area contributed by atoms with Crippen LogP contribution < -0.4 is 11.1 Å². The molecule has 1 aliphatic carbocycles. The van der Waals surface area contributed by atoms with Gasteiger partial charge in [0.2, 0.25) is 5.91 Å². The Bertz CT molecular complexity index is 503. The van der Waals surface area contributed by atoms with E-state index in [0.29, 0.717) is 0 Å². The first kappa shape index (κ1) is 13.0. The van der Waals surface area contributed by atoms with E-state index >= 15 is 0 Å². The van der Waals surface area contributed by atoms with Crippen molar-refractivity contribution >= 4 is 22.4 Å². The molecule has 1 saturated carbocycles. The second kappa shape index (κ2) is 5.06. The summed E-state index contributed by atoms with van der Waals surface area (Å²) < 4.78 is 25.4. The van der Waals surface area contributed by atoms with Gasteiger partial charge in [0, 0.05) is 10.9 Å². The van der Waals surface area contributed by atoms with Crippen molar-refractivity contribution in [3.8, 4) is 0 Å². The van der Waals surface area contributed by atoms with Crippen LogP contribution in [0.3, 0.4) is 0 Å². The maximum absolute atomic E-state index is 13.3. The minimum absolute atomic E-state index is 0.00540. The molecule has 1 aromatic carbocycles. The second-order valence-corrected chi connectivity index (χ2v) is 6.18. The molecule has 2 unspecified atom stereocenters. The van der Waals surface area contributed by atoms with Crippen LogP contribution >= 0.6 is 0 Å². The van der Waals surface area contributed by atoms with Crippen LogP contribution in [0.25, 0.3) is 0 Å². The molecule has 0 heterocycles. The molecule has 2 atom stereocenters. The van der Waals surface area contributed by atoms with Crippen molar-refractivity contribution in [2.75, 3.05) is 5.73 Å². The molecule has 0 saturated heterocycles. The SMILES string of the molecule is CC(C(=O)NC1CC1)S(=O)c1ccc(N)c(F)c1. The molecule has 1 amide bonds. The van der Waals surface area contributed by atoms with E-state index in [2.05, 4.69) is 5.32 Å². The predicted octanol–water partition coefficient (Wildman–Crippen LogP) is 1.18. The highest BCUT2D eigenvalue weighted by Crippen LogP contribution is 2.21. The lowest BCUT2D eigenvalue weighted by Crippen LogP contribution is -2.36. The van der Waals surface area contributed by atoms with Crippen molar-refractivity contribution in [3.05, 3.63) is 24.0 Å². The molecule has 0 aliphatic heterocycles. The normalized spacial score (nSPS) is 18.1. The Morgan fingerprint density at radius 3 is 2.78 bits per heavy atom. The van der Waals surface area contributed by atoms with Gasteiger partial charge in [0.15, 0.2) is 0 Å². The summed E-state index contributed by atoms with van der Waals surface area (Å²) in [7, 11) is -1.57. The molecule has 2 rings (SSSR count). The topological polar surface area (TPSA) is 72.2 Å². The molecule has 1 fully saturated rings. The van der Waals surface area contributed by atoms with Crippen LogP contribution in [-0.4, -0.2) is 21.4 Å².